The summed E-state index contributed by atoms with van der Waals surface area (Å²) in [6.45, 7) is -0.285. The van der Waals surface area contributed by atoms with Gasteiger partial charge in [0.1, 0.15) is 0 Å². The molecule has 5 nitrogen and oxygen atoms in total. The number of rotatable bonds is 4. The summed E-state index contributed by atoms with van der Waals surface area (Å²) < 4.78 is 38.7. The van der Waals surface area contributed by atoms with E-state index in [0.29, 0.717) is 5.75 Å². The lowest BCUT2D eigenvalue weighted by Crippen LogP contribution is -2.53. The van der Waals surface area contributed by atoms with Crippen molar-refractivity contribution >= 4 is 22.6 Å². The van der Waals surface area contributed by atoms with E-state index in [4.69, 9.17) is 0 Å². The van der Waals surface area contributed by atoms with Crippen LogP contribution in [0.15, 0.2) is 48.8 Å². The second-order valence-electron chi connectivity index (χ2n) is 7.24. The molecule has 0 spiro atoms. The molecule has 3 heterocycles. The summed E-state index contributed by atoms with van der Waals surface area (Å²) in [6.07, 6.45) is 1.20. The molecule has 1 N–H and O–H groups in total. The Morgan fingerprint density at radius 1 is 1.24 bits per heavy atom. The number of hydrogen-bond acceptors (Lipinski definition) is 4. The zero-order valence-corrected chi connectivity index (χ0v) is 16.4. The SMILES string of the molecule is O=C(C1C=C(c2cn[nH]c2)SC1)N1CCN(CC(F)(F)F)CC1c1ccccc1. The van der Waals surface area contributed by atoms with E-state index in [2.05, 4.69) is 10.2 Å². The fourth-order valence-electron chi connectivity index (χ4n) is 3.84. The summed E-state index contributed by atoms with van der Waals surface area (Å²) >= 11 is 1.60. The van der Waals surface area contributed by atoms with Gasteiger partial charge in [-0.05, 0) is 5.56 Å². The van der Waals surface area contributed by atoms with Gasteiger partial charge in [0.25, 0.3) is 0 Å². The number of piperazine rings is 1. The second-order valence-corrected chi connectivity index (χ2v) is 8.31. The number of nitrogens with zero attached hydrogens (tertiary/aromatic N) is 3. The standard InChI is InChI=1S/C20H21F3N4OS/c21-20(22,23)13-26-6-7-27(17(11-26)14-4-2-1-3-5-14)19(28)15-8-18(29-12-15)16-9-24-25-10-16/h1-5,8-10,15,17H,6-7,11-13H2,(H,24,25). The Kier molecular flexibility index (Phi) is 5.69. The summed E-state index contributed by atoms with van der Waals surface area (Å²) in [7, 11) is 0. The van der Waals surface area contributed by atoms with Crippen molar-refractivity contribution < 1.29 is 18.0 Å². The topological polar surface area (TPSA) is 52.2 Å². The third-order valence-electron chi connectivity index (χ3n) is 5.21. The van der Waals surface area contributed by atoms with E-state index in [-0.39, 0.29) is 31.5 Å². The molecule has 2 aliphatic rings. The molecule has 1 amide bonds. The molecular weight excluding hydrogens is 401 g/mol. The zero-order chi connectivity index (χ0) is 20.4. The molecule has 2 atom stereocenters. The highest BCUT2D eigenvalue weighted by atomic mass is 32.2. The number of carbonyl (C=O) groups is 1. The number of hydrogen-bond donors (Lipinski definition) is 1. The summed E-state index contributed by atoms with van der Waals surface area (Å²) in [5, 5.41) is 6.71. The molecule has 29 heavy (non-hydrogen) atoms. The van der Waals surface area contributed by atoms with Crippen molar-refractivity contribution in [2.75, 3.05) is 31.9 Å². The van der Waals surface area contributed by atoms with Gasteiger partial charge in [0.2, 0.25) is 5.91 Å². The van der Waals surface area contributed by atoms with E-state index in [0.717, 1.165) is 16.0 Å². The Morgan fingerprint density at radius 2 is 2.03 bits per heavy atom. The monoisotopic (exact) mass is 422 g/mol. The first-order valence-electron chi connectivity index (χ1n) is 9.39. The van der Waals surface area contributed by atoms with Gasteiger partial charge in [-0.1, -0.05) is 36.4 Å². The number of aromatic amines is 1. The lowest BCUT2D eigenvalue weighted by Gasteiger charge is -2.42. The Hall–Kier alpha value is -2.26. The maximum atomic E-state index is 13.3. The Morgan fingerprint density at radius 3 is 2.72 bits per heavy atom. The Bertz CT molecular complexity index is 870. The lowest BCUT2D eigenvalue weighted by atomic mass is 9.99. The predicted octanol–water partition coefficient (Wildman–Crippen LogP) is 3.56. The third-order valence-corrected chi connectivity index (χ3v) is 6.41. The van der Waals surface area contributed by atoms with Crippen LogP contribution >= 0.6 is 11.8 Å². The lowest BCUT2D eigenvalue weighted by molar-refractivity contribution is -0.156. The molecule has 1 fully saturated rings. The van der Waals surface area contributed by atoms with Gasteiger partial charge in [-0.3, -0.25) is 14.8 Å². The molecule has 1 saturated heterocycles. The second kappa shape index (κ2) is 8.23. The number of nitrogens with one attached hydrogen (secondary N) is 1. The smallest absolute Gasteiger partial charge is 0.333 e. The van der Waals surface area contributed by atoms with Gasteiger partial charge in [0.05, 0.1) is 24.7 Å². The number of thioether (sulfide) groups is 1. The number of aromatic nitrogens is 2. The molecule has 1 aromatic heterocycles. The van der Waals surface area contributed by atoms with Gasteiger partial charge < -0.3 is 4.90 Å². The van der Waals surface area contributed by atoms with Crippen molar-refractivity contribution in [2.45, 2.75) is 12.2 Å². The van der Waals surface area contributed by atoms with Gasteiger partial charge in [-0.25, -0.2) is 0 Å². The van der Waals surface area contributed by atoms with E-state index >= 15 is 0 Å². The Balaban J connectivity index is 1.54. The van der Waals surface area contributed by atoms with E-state index in [1.54, 1.807) is 29.1 Å². The highest BCUT2D eigenvalue weighted by Crippen LogP contribution is 2.38. The summed E-state index contributed by atoms with van der Waals surface area (Å²) in [6, 6.07) is 8.92. The predicted molar refractivity (Wildman–Crippen MR) is 106 cm³/mol. The van der Waals surface area contributed by atoms with Crippen molar-refractivity contribution in [3.05, 3.63) is 59.9 Å². The molecule has 9 heteroatoms. The normalized spacial score (nSPS) is 23.3. The van der Waals surface area contributed by atoms with Gasteiger partial charge in [-0.15, -0.1) is 11.8 Å². The minimum absolute atomic E-state index is 0.0310. The van der Waals surface area contributed by atoms with E-state index in [9.17, 15) is 18.0 Å². The van der Waals surface area contributed by atoms with E-state index in [1.165, 1.54) is 4.90 Å². The number of carbonyl (C=O) groups excluding carboxylic acids is 1. The van der Waals surface area contributed by atoms with Gasteiger partial charge in [0.15, 0.2) is 0 Å². The van der Waals surface area contributed by atoms with Crippen LogP contribution < -0.4 is 0 Å². The van der Waals surface area contributed by atoms with Crippen LogP contribution in [0.1, 0.15) is 17.2 Å². The molecule has 2 aliphatic heterocycles. The van der Waals surface area contributed by atoms with Crippen molar-refractivity contribution in [3.8, 4) is 0 Å². The average molecular weight is 422 g/mol. The first kappa shape index (κ1) is 20.0. The number of alkyl halides is 3. The van der Waals surface area contributed by atoms with E-state index < -0.39 is 18.8 Å². The summed E-state index contributed by atoms with van der Waals surface area (Å²) in [5.74, 6) is 0.311. The first-order valence-corrected chi connectivity index (χ1v) is 10.4. The van der Waals surface area contributed by atoms with Crippen molar-refractivity contribution in [3.63, 3.8) is 0 Å². The molecule has 0 radical (unpaired) electrons. The number of amides is 1. The van der Waals surface area contributed by atoms with Crippen LogP contribution in [0.25, 0.3) is 4.91 Å². The van der Waals surface area contributed by atoms with Crippen LogP contribution in [-0.4, -0.2) is 64.0 Å². The molecule has 2 unspecified atom stereocenters. The van der Waals surface area contributed by atoms with Gasteiger partial charge in [0, 0.05) is 42.1 Å². The minimum atomic E-state index is -4.25. The van der Waals surface area contributed by atoms with Gasteiger partial charge in [-0.2, -0.15) is 18.3 Å². The fraction of sp³-hybridized carbons (Fsp3) is 0.400. The summed E-state index contributed by atoms with van der Waals surface area (Å²) in [4.78, 5) is 17.4. The minimum Gasteiger partial charge on any atom is -0.333 e. The van der Waals surface area contributed by atoms with Crippen LogP contribution in [-0.2, 0) is 4.79 Å². The number of halogens is 3. The molecule has 154 valence electrons. The van der Waals surface area contributed by atoms with Crippen LogP contribution in [0.3, 0.4) is 0 Å². The number of benzene rings is 1. The Labute approximate surface area is 170 Å². The van der Waals surface area contributed by atoms with Gasteiger partial charge >= 0.3 is 6.18 Å². The molecule has 0 bridgehead atoms. The van der Waals surface area contributed by atoms with E-state index in [1.807, 2.05) is 36.4 Å². The van der Waals surface area contributed by atoms with Crippen LogP contribution in [0.5, 0.6) is 0 Å². The molecule has 0 saturated carbocycles. The maximum absolute atomic E-state index is 13.3. The number of H-pyrrole nitrogens is 1. The average Bonchev–Trinajstić information content (AvgIpc) is 3.38. The van der Waals surface area contributed by atoms with Crippen LogP contribution in [0.2, 0.25) is 0 Å². The largest absolute Gasteiger partial charge is 0.401 e. The van der Waals surface area contributed by atoms with Crippen molar-refractivity contribution in [2.24, 2.45) is 5.92 Å². The molecular formula is C20H21F3N4OS. The molecule has 1 aromatic carbocycles. The molecule has 0 aliphatic carbocycles. The fourth-order valence-corrected chi connectivity index (χ4v) is 4.98. The zero-order valence-electron chi connectivity index (χ0n) is 15.6. The molecule has 4 rings (SSSR count). The van der Waals surface area contributed by atoms with Crippen LogP contribution in [0.4, 0.5) is 13.2 Å². The van der Waals surface area contributed by atoms with Crippen molar-refractivity contribution in [1.82, 2.24) is 20.0 Å². The van der Waals surface area contributed by atoms with Crippen molar-refractivity contribution in [1.29, 1.82) is 0 Å². The quantitative estimate of drug-likeness (QED) is 0.819. The highest BCUT2D eigenvalue weighted by molar-refractivity contribution is 8.08. The molecule has 2 aromatic rings. The summed E-state index contributed by atoms with van der Waals surface area (Å²) in [5.41, 5.74) is 1.80. The first-order chi connectivity index (χ1) is 13.9. The highest BCUT2D eigenvalue weighted by Gasteiger charge is 2.39. The maximum Gasteiger partial charge on any atom is 0.401 e. The van der Waals surface area contributed by atoms with Crippen LogP contribution in [0, 0.1) is 5.92 Å². The third kappa shape index (κ3) is 4.67.